The van der Waals surface area contributed by atoms with Crippen molar-refractivity contribution in [2.75, 3.05) is 18.4 Å². The van der Waals surface area contributed by atoms with Crippen LogP contribution in [0.15, 0.2) is 24.3 Å². The van der Waals surface area contributed by atoms with Crippen LogP contribution >= 0.6 is 11.6 Å². The summed E-state index contributed by atoms with van der Waals surface area (Å²) in [6.45, 7) is 3.54. The third-order valence-corrected chi connectivity index (χ3v) is 4.33. The van der Waals surface area contributed by atoms with Crippen LogP contribution in [0.1, 0.15) is 32.6 Å². The predicted octanol–water partition coefficient (Wildman–Crippen LogP) is 3.45. The van der Waals surface area contributed by atoms with E-state index in [9.17, 15) is 4.79 Å². The lowest BCUT2D eigenvalue weighted by Crippen LogP contribution is -2.41. The molecule has 0 radical (unpaired) electrons. The standard InChI is InChI=1S/C15H21ClN2O/c1-2-15(8-3-9-15)11-17-10-14(19)18-13-6-4-12(16)5-7-13/h4-7,17H,2-3,8-11H2,1H3,(H,18,19). The smallest absolute Gasteiger partial charge is 0.238 e. The van der Waals surface area contributed by atoms with Crippen LogP contribution < -0.4 is 10.6 Å². The highest BCUT2D eigenvalue weighted by atomic mass is 35.5. The lowest BCUT2D eigenvalue weighted by atomic mass is 9.67. The highest BCUT2D eigenvalue weighted by molar-refractivity contribution is 6.30. The number of carbonyl (C=O) groups excluding carboxylic acids is 1. The zero-order chi connectivity index (χ0) is 13.7. The van der Waals surface area contributed by atoms with Crippen LogP contribution in [0, 0.1) is 5.41 Å². The van der Waals surface area contributed by atoms with Gasteiger partial charge in [-0.15, -0.1) is 0 Å². The van der Waals surface area contributed by atoms with Gasteiger partial charge in [0.15, 0.2) is 0 Å². The summed E-state index contributed by atoms with van der Waals surface area (Å²) >= 11 is 5.80. The Hall–Kier alpha value is -1.06. The van der Waals surface area contributed by atoms with Crippen molar-refractivity contribution >= 4 is 23.2 Å². The summed E-state index contributed by atoms with van der Waals surface area (Å²) in [5.74, 6) is -0.00658. The molecule has 3 nitrogen and oxygen atoms in total. The molecule has 1 aliphatic carbocycles. The maximum Gasteiger partial charge on any atom is 0.238 e. The van der Waals surface area contributed by atoms with Crippen LogP contribution in [0.3, 0.4) is 0 Å². The van der Waals surface area contributed by atoms with Crippen LogP contribution in [0.5, 0.6) is 0 Å². The molecule has 0 spiro atoms. The summed E-state index contributed by atoms with van der Waals surface area (Å²) in [6, 6.07) is 7.15. The molecule has 0 unspecified atom stereocenters. The number of amides is 1. The lowest BCUT2D eigenvalue weighted by Gasteiger charge is -2.41. The molecule has 0 atom stereocenters. The van der Waals surface area contributed by atoms with Crippen LogP contribution in [0.2, 0.25) is 5.02 Å². The number of benzene rings is 1. The molecule has 0 aromatic heterocycles. The topological polar surface area (TPSA) is 41.1 Å². The Kier molecular flexibility index (Phi) is 4.83. The van der Waals surface area contributed by atoms with Crippen LogP contribution in [0.25, 0.3) is 0 Å². The van der Waals surface area contributed by atoms with Gasteiger partial charge >= 0.3 is 0 Å². The van der Waals surface area contributed by atoms with E-state index in [4.69, 9.17) is 11.6 Å². The fraction of sp³-hybridized carbons (Fsp3) is 0.533. The molecule has 1 aromatic carbocycles. The number of carbonyl (C=O) groups is 1. The summed E-state index contributed by atoms with van der Waals surface area (Å²) in [5.41, 5.74) is 1.23. The van der Waals surface area contributed by atoms with Gasteiger partial charge < -0.3 is 10.6 Å². The highest BCUT2D eigenvalue weighted by Gasteiger charge is 2.34. The van der Waals surface area contributed by atoms with E-state index in [-0.39, 0.29) is 5.91 Å². The second kappa shape index (κ2) is 6.40. The molecule has 0 heterocycles. The molecular formula is C15H21ClN2O. The Bertz CT molecular complexity index is 421. The maximum absolute atomic E-state index is 11.8. The van der Waals surface area contributed by atoms with Crippen molar-refractivity contribution < 1.29 is 4.79 Å². The molecule has 2 rings (SSSR count). The molecule has 104 valence electrons. The van der Waals surface area contributed by atoms with Crippen molar-refractivity contribution in [3.8, 4) is 0 Å². The van der Waals surface area contributed by atoms with Gasteiger partial charge in [-0.3, -0.25) is 4.79 Å². The van der Waals surface area contributed by atoms with Crippen molar-refractivity contribution in [3.63, 3.8) is 0 Å². The van der Waals surface area contributed by atoms with E-state index >= 15 is 0 Å². The van der Waals surface area contributed by atoms with Gasteiger partial charge in [0, 0.05) is 17.3 Å². The van der Waals surface area contributed by atoms with E-state index in [1.54, 1.807) is 24.3 Å². The second-order valence-electron chi connectivity index (χ2n) is 5.37. The Morgan fingerprint density at radius 2 is 2.00 bits per heavy atom. The first-order chi connectivity index (χ1) is 9.13. The van der Waals surface area contributed by atoms with E-state index in [1.807, 2.05) is 0 Å². The number of halogens is 1. The first-order valence-corrected chi connectivity index (χ1v) is 7.27. The molecule has 1 aliphatic rings. The van der Waals surface area contributed by atoms with Gasteiger partial charge in [0.1, 0.15) is 0 Å². The van der Waals surface area contributed by atoms with E-state index < -0.39 is 0 Å². The summed E-state index contributed by atoms with van der Waals surface area (Å²) in [5, 5.41) is 6.79. The van der Waals surface area contributed by atoms with Crippen molar-refractivity contribution in [1.29, 1.82) is 0 Å². The summed E-state index contributed by atoms with van der Waals surface area (Å²) < 4.78 is 0. The summed E-state index contributed by atoms with van der Waals surface area (Å²) in [6.07, 6.45) is 5.09. The van der Waals surface area contributed by atoms with E-state index in [0.29, 0.717) is 17.0 Å². The van der Waals surface area contributed by atoms with E-state index in [2.05, 4.69) is 17.6 Å². The van der Waals surface area contributed by atoms with Gasteiger partial charge in [-0.2, -0.15) is 0 Å². The third-order valence-electron chi connectivity index (χ3n) is 4.08. The monoisotopic (exact) mass is 280 g/mol. The molecule has 0 bridgehead atoms. The largest absolute Gasteiger partial charge is 0.325 e. The normalized spacial score (nSPS) is 16.7. The molecule has 19 heavy (non-hydrogen) atoms. The van der Waals surface area contributed by atoms with Crippen molar-refractivity contribution in [1.82, 2.24) is 5.32 Å². The van der Waals surface area contributed by atoms with Crippen molar-refractivity contribution in [3.05, 3.63) is 29.3 Å². The number of nitrogens with one attached hydrogen (secondary N) is 2. The molecule has 1 aromatic rings. The number of anilines is 1. The average molecular weight is 281 g/mol. The van der Waals surface area contributed by atoms with Gasteiger partial charge in [0.05, 0.1) is 6.54 Å². The van der Waals surface area contributed by atoms with Gasteiger partial charge in [-0.1, -0.05) is 24.9 Å². The zero-order valence-electron chi connectivity index (χ0n) is 11.3. The number of hydrogen-bond donors (Lipinski definition) is 2. The quantitative estimate of drug-likeness (QED) is 0.838. The van der Waals surface area contributed by atoms with Gasteiger partial charge in [-0.05, 0) is 48.9 Å². The summed E-state index contributed by atoms with van der Waals surface area (Å²) in [7, 11) is 0. The molecule has 0 aliphatic heterocycles. The van der Waals surface area contributed by atoms with Crippen molar-refractivity contribution in [2.24, 2.45) is 5.41 Å². The number of hydrogen-bond acceptors (Lipinski definition) is 2. The van der Waals surface area contributed by atoms with Crippen LogP contribution in [0.4, 0.5) is 5.69 Å². The van der Waals surface area contributed by atoms with Crippen LogP contribution in [-0.4, -0.2) is 19.0 Å². The van der Waals surface area contributed by atoms with Gasteiger partial charge in [0.25, 0.3) is 0 Å². The molecule has 4 heteroatoms. The van der Waals surface area contributed by atoms with E-state index in [0.717, 1.165) is 12.2 Å². The molecule has 1 amide bonds. The minimum Gasteiger partial charge on any atom is -0.325 e. The lowest BCUT2D eigenvalue weighted by molar-refractivity contribution is -0.115. The Morgan fingerprint density at radius 1 is 1.32 bits per heavy atom. The third kappa shape index (κ3) is 3.95. The fourth-order valence-electron chi connectivity index (χ4n) is 2.51. The molecule has 1 saturated carbocycles. The van der Waals surface area contributed by atoms with Crippen LogP contribution in [-0.2, 0) is 4.79 Å². The van der Waals surface area contributed by atoms with Gasteiger partial charge in [0.2, 0.25) is 5.91 Å². The Morgan fingerprint density at radius 3 is 2.53 bits per heavy atom. The van der Waals surface area contributed by atoms with E-state index in [1.165, 1.54) is 25.7 Å². The summed E-state index contributed by atoms with van der Waals surface area (Å²) in [4.78, 5) is 11.8. The first-order valence-electron chi connectivity index (χ1n) is 6.90. The average Bonchev–Trinajstić information content (AvgIpc) is 2.35. The zero-order valence-corrected chi connectivity index (χ0v) is 12.1. The highest BCUT2D eigenvalue weighted by Crippen LogP contribution is 2.42. The Balaban J connectivity index is 1.71. The molecular weight excluding hydrogens is 260 g/mol. The SMILES string of the molecule is CCC1(CNCC(=O)Nc2ccc(Cl)cc2)CCC1. The van der Waals surface area contributed by atoms with Crippen molar-refractivity contribution in [2.45, 2.75) is 32.6 Å². The first kappa shape index (κ1) is 14.4. The maximum atomic E-state index is 11.8. The fourth-order valence-corrected chi connectivity index (χ4v) is 2.64. The predicted molar refractivity (Wildman–Crippen MR) is 79.5 cm³/mol. The minimum atomic E-state index is -0.00658. The second-order valence-corrected chi connectivity index (χ2v) is 5.80. The van der Waals surface area contributed by atoms with Gasteiger partial charge in [-0.25, -0.2) is 0 Å². The molecule has 0 saturated heterocycles. The molecule has 1 fully saturated rings. The minimum absolute atomic E-state index is 0.00658. The Labute approximate surface area is 119 Å². The molecule has 2 N–H and O–H groups in total. The number of rotatable bonds is 6.